The van der Waals surface area contributed by atoms with E-state index in [9.17, 15) is 14.3 Å². The molecular weight excluding hydrogens is 343 g/mol. The SMILES string of the molecule is O=C(CNC(O)c1ccc(-c2ccccc2)cc1)NCc1ccc(F)cc1. The summed E-state index contributed by atoms with van der Waals surface area (Å²) in [5.74, 6) is -0.563. The van der Waals surface area contributed by atoms with E-state index in [1.165, 1.54) is 12.1 Å². The number of benzene rings is 3. The molecular formula is C22H21FN2O2. The van der Waals surface area contributed by atoms with Crippen molar-refractivity contribution in [3.8, 4) is 11.1 Å². The third kappa shape index (κ3) is 5.48. The van der Waals surface area contributed by atoms with Crippen molar-refractivity contribution >= 4 is 5.91 Å². The van der Waals surface area contributed by atoms with Crippen LogP contribution in [0, 0.1) is 5.82 Å². The Hall–Kier alpha value is -3.02. The molecule has 0 radical (unpaired) electrons. The first-order chi connectivity index (χ1) is 13.1. The van der Waals surface area contributed by atoms with Gasteiger partial charge in [0, 0.05) is 6.54 Å². The highest BCUT2D eigenvalue weighted by Gasteiger charge is 2.09. The minimum absolute atomic E-state index is 0.0250. The quantitative estimate of drug-likeness (QED) is 0.563. The van der Waals surface area contributed by atoms with Crippen LogP contribution in [0.25, 0.3) is 11.1 Å². The lowest BCUT2D eigenvalue weighted by Crippen LogP contribution is -2.35. The van der Waals surface area contributed by atoms with Crippen LogP contribution >= 0.6 is 0 Å². The maximum absolute atomic E-state index is 12.9. The first kappa shape index (κ1) is 18.8. The number of halogens is 1. The van der Waals surface area contributed by atoms with Gasteiger partial charge in [0.05, 0.1) is 6.54 Å². The Morgan fingerprint density at radius 1 is 0.889 bits per heavy atom. The summed E-state index contributed by atoms with van der Waals surface area (Å²) in [7, 11) is 0. The van der Waals surface area contributed by atoms with Crippen LogP contribution in [0.4, 0.5) is 4.39 Å². The lowest BCUT2D eigenvalue weighted by atomic mass is 10.0. The average Bonchev–Trinajstić information content (AvgIpc) is 2.72. The van der Waals surface area contributed by atoms with E-state index in [0.717, 1.165) is 16.7 Å². The molecule has 0 heterocycles. The molecule has 27 heavy (non-hydrogen) atoms. The van der Waals surface area contributed by atoms with Crippen molar-refractivity contribution in [3.63, 3.8) is 0 Å². The molecule has 0 fully saturated rings. The number of aliphatic hydroxyl groups excluding tert-OH is 1. The van der Waals surface area contributed by atoms with Crippen molar-refractivity contribution in [2.45, 2.75) is 12.8 Å². The summed E-state index contributed by atoms with van der Waals surface area (Å²) in [6.07, 6.45) is -0.939. The lowest BCUT2D eigenvalue weighted by molar-refractivity contribution is -0.121. The molecule has 0 aromatic heterocycles. The molecule has 3 aromatic rings. The minimum Gasteiger partial charge on any atom is -0.374 e. The highest BCUT2D eigenvalue weighted by Crippen LogP contribution is 2.21. The fraction of sp³-hybridized carbons (Fsp3) is 0.136. The number of hydrogen-bond donors (Lipinski definition) is 3. The largest absolute Gasteiger partial charge is 0.374 e. The normalized spacial score (nSPS) is 11.8. The second kappa shape index (κ2) is 9.07. The highest BCUT2D eigenvalue weighted by atomic mass is 19.1. The van der Waals surface area contributed by atoms with Gasteiger partial charge in [0.25, 0.3) is 0 Å². The fourth-order valence-electron chi connectivity index (χ4n) is 2.66. The monoisotopic (exact) mass is 364 g/mol. The van der Waals surface area contributed by atoms with Crippen LogP contribution < -0.4 is 10.6 Å². The highest BCUT2D eigenvalue weighted by molar-refractivity contribution is 5.78. The fourth-order valence-corrected chi connectivity index (χ4v) is 2.66. The van der Waals surface area contributed by atoms with E-state index in [0.29, 0.717) is 12.1 Å². The second-order valence-corrected chi connectivity index (χ2v) is 6.17. The first-order valence-corrected chi connectivity index (χ1v) is 8.70. The van der Waals surface area contributed by atoms with Crippen LogP contribution in [0.5, 0.6) is 0 Å². The van der Waals surface area contributed by atoms with Gasteiger partial charge in [0.2, 0.25) is 5.91 Å². The van der Waals surface area contributed by atoms with Crippen LogP contribution in [0.3, 0.4) is 0 Å². The molecule has 0 aliphatic heterocycles. The lowest BCUT2D eigenvalue weighted by Gasteiger charge is -2.14. The van der Waals surface area contributed by atoms with E-state index in [1.807, 2.05) is 54.6 Å². The number of carbonyl (C=O) groups is 1. The van der Waals surface area contributed by atoms with Gasteiger partial charge in [-0.3, -0.25) is 10.1 Å². The molecule has 0 saturated carbocycles. The van der Waals surface area contributed by atoms with Gasteiger partial charge in [-0.2, -0.15) is 0 Å². The molecule has 0 bridgehead atoms. The predicted octanol–water partition coefficient (Wildman–Crippen LogP) is 3.39. The van der Waals surface area contributed by atoms with Crippen molar-refractivity contribution < 1.29 is 14.3 Å². The summed E-state index contributed by atoms with van der Waals surface area (Å²) in [6.45, 7) is 0.283. The molecule has 1 atom stereocenters. The smallest absolute Gasteiger partial charge is 0.234 e. The Morgan fingerprint density at radius 3 is 2.19 bits per heavy atom. The van der Waals surface area contributed by atoms with Crippen molar-refractivity contribution in [1.29, 1.82) is 0 Å². The van der Waals surface area contributed by atoms with Gasteiger partial charge in [-0.05, 0) is 34.4 Å². The van der Waals surface area contributed by atoms with Gasteiger partial charge >= 0.3 is 0 Å². The second-order valence-electron chi connectivity index (χ2n) is 6.17. The molecule has 4 nitrogen and oxygen atoms in total. The molecule has 3 N–H and O–H groups in total. The van der Waals surface area contributed by atoms with Crippen LogP contribution in [-0.2, 0) is 11.3 Å². The molecule has 1 amide bonds. The molecule has 0 aliphatic rings. The van der Waals surface area contributed by atoms with Gasteiger partial charge in [-0.15, -0.1) is 0 Å². The summed E-state index contributed by atoms with van der Waals surface area (Å²) in [4.78, 5) is 11.9. The summed E-state index contributed by atoms with van der Waals surface area (Å²) in [5.41, 5.74) is 3.65. The van der Waals surface area contributed by atoms with Crippen LogP contribution in [0.2, 0.25) is 0 Å². The van der Waals surface area contributed by atoms with Crippen molar-refractivity contribution in [3.05, 3.63) is 95.8 Å². The number of rotatable bonds is 7. The predicted molar refractivity (Wildman–Crippen MR) is 103 cm³/mol. The Kier molecular flexibility index (Phi) is 6.30. The molecule has 0 saturated heterocycles. The van der Waals surface area contributed by atoms with E-state index in [1.54, 1.807) is 12.1 Å². The van der Waals surface area contributed by atoms with Gasteiger partial charge in [0.1, 0.15) is 12.0 Å². The maximum atomic E-state index is 12.9. The van der Waals surface area contributed by atoms with Crippen molar-refractivity contribution in [1.82, 2.24) is 10.6 Å². The molecule has 5 heteroatoms. The van der Waals surface area contributed by atoms with E-state index in [-0.39, 0.29) is 18.3 Å². The van der Waals surface area contributed by atoms with E-state index in [4.69, 9.17) is 0 Å². The van der Waals surface area contributed by atoms with Gasteiger partial charge in [-0.25, -0.2) is 4.39 Å². The Bertz CT molecular complexity index is 865. The first-order valence-electron chi connectivity index (χ1n) is 8.70. The van der Waals surface area contributed by atoms with Crippen LogP contribution in [0.15, 0.2) is 78.9 Å². The van der Waals surface area contributed by atoms with E-state index in [2.05, 4.69) is 10.6 Å². The number of nitrogens with one attached hydrogen (secondary N) is 2. The maximum Gasteiger partial charge on any atom is 0.234 e. The summed E-state index contributed by atoms with van der Waals surface area (Å²) in [6, 6.07) is 23.4. The van der Waals surface area contributed by atoms with Crippen molar-refractivity contribution in [2.75, 3.05) is 6.54 Å². The van der Waals surface area contributed by atoms with Crippen LogP contribution in [-0.4, -0.2) is 17.6 Å². The molecule has 3 aromatic carbocycles. The van der Waals surface area contributed by atoms with Gasteiger partial charge in [-0.1, -0.05) is 66.7 Å². The number of aliphatic hydroxyl groups is 1. The zero-order valence-electron chi connectivity index (χ0n) is 14.7. The third-order valence-corrected chi connectivity index (χ3v) is 4.19. The summed E-state index contributed by atoms with van der Waals surface area (Å²) >= 11 is 0. The topological polar surface area (TPSA) is 61.4 Å². The number of amides is 1. The summed E-state index contributed by atoms with van der Waals surface area (Å²) in [5, 5.41) is 15.7. The molecule has 1 unspecified atom stereocenters. The minimum atomic E-state index is -0.939. The number of hydrogen-bond acceptors (Lipinski definition) is 3. The van der Waals surface area contributed by atoms with E-state index < -0.39 is 6.23 Å². The van der Waals surface area contributed by atoms with Gasteiger partial charge < -0.3 is 10.4 Å². The summed E-state index contributed by atoms with van der Waals surface area (Å²) < 4.78 is 12.9. The Morgan fingerprint density at radius 2 is 1.52 bits per heavy atom. The standard InChI is InChI=1S/C22H21FN2O2/c23-20-12-6-16(7-13-20)14-24-21(26)15-25-22(27)19-10-8-18(9-11-19)17-4-2-1-3-5-17/h1-13,22,25,27H,14-15H2,(H,24,26). The average molecular weight is 364 g/mol. The molecule has 0 aliphatic carbocycles. The Labute approximate surface area is 157 Å². The molecule has 138 valence electrons. The Balaban J connectivity index is 1.47. The molecule has 0 spiro atoms. The van der Waals surface area contributed by atoms with Gasteiger partial charge in [0.15, 0.2) is 0 Å². The van der Waals surface area contributed by atoms with E-state index >= 15 is 0 Å². The molecule has 3 rings (SSSR count). The third-order valence-electron chi connectivity index (χ3n) is 4.19. The van der Waals surface area contributed by atoms with Crippen LogP contribution in [0.1, 0.15) is 17.4 Å². The zero-order valence-corrected chi connectivity index (χ0v) is 14.7. The number of carbonyl (C=O) groups excluding carboxylic acids is 1. The van der Waals surface area contributed by atoms with Crippen molar-refractivity contribution in [2.24, 2.45) is 0 Å². The zero-order chi connectivity index (χ0) is 19.1.